The zero-order chi connectivity index (χ0) is 18.3. The van der Waals surface area contributed by atoms with Crippen molar-refractivity contribution in [2.75, 3.05) is 0 Å². The van der Waals surface area contributed by atoms with Crippen LogP contribution in [0.2, 0.25) is 5.02 Å². The van der Waals surface area contributed by atoms with Gasteiger partial charge in [0.1, 0.15) is 5.82 Å². The maximum atomic E-state index is 6.09. The van der Waals surface area contributed by atoms with Gasteiger partial charge in [0.25, 0.3) is 0 Å². The maximum Gasteiger partial charge on any atom is 0.209 e. The Bertz CT molecular complexity index is 1100. The third-order valence-corrected chi connectivity index (χ3v) is 5.23. The molecule has 4 rings (SSSR count). The molecule has 0 aliphatic carbocycles. The molecule has 0 fully saturated rings. The number of imidazole rings is 1. The third kappa shape index (κ3) is 3.34. The molecule has 0 N–H and O–H groups in total. The molecule has 3 aromatic heterocycles. The minimum absolute atomic E-state index is 0.700. The van der Waals surface area contributed by atoms with Gasteiger partial charge in [-0.3, -0.25) is 0 Å². The van der Waals surface area contributed by atoms with Crippen LogP contribution in [0, 0.1) is 13.8 Å². The van der Waals surface area contributed by atoms with Crippen molar-refractivity contribution in [2.45, 2.75) is 24.8 Å². The summed E-state index contributed by atoms with van der Waals surface area (Å²) in [6.07, 6.45) is 2.02. The number of pyridine rings is 1. The van der Waals surface area contributed by atoms with Crippen molar-refractivity contribution in [3.8, 4) is 11.3 Å². The van der Waals surface area contributed by atoms with Gasteiger partial charge >= 0.3 is 0 Å². The lowest BCUT2D eigenvalue weighted by molar-refractivity contribution is 0.839. The first kappa shape index (κ1) is 17.1. The lowest BCUT2D eigenvalue weighted by Gasteiger charge is -1.98. The summed E-state index contributed by atoms with van der Waals surface area (Å²) in [4.78, 5) is 9.36. The molecule has 0 bridgehead atoms. The summed E-state index contributed by atoms with van der Waals surface area (Å²) < 4.78 is 3.92. The molecule has 0 saturated carbocycles. The number of thioether (sulfide) groups is 1. The fraction of sp³-hybridized carbons (Fsp3) is 0.211. The average molecular weight is 384 g/mol. The van der Waals surface area contributed by atoms with E-state index in [0.717, 1.165) is 33.6 Å². The smallest absolute Gasteiger partial charge is 0.209 e. The van der Waals surface area contributed by atoms with E-state index >= 15 is 0 Å². The molecular weight excluding hydrogens is 366 g/mol. The Morgan fingerprint density at radius 1 is 1.12 bits per heavy atom. The van der Waals surface area contributed by atoms with E-state index < -0.39 is 0 Å². The summed E-state index contributed by atoms with van der Waals surface area (Å²) in [6.45, 7) is 4.11. The quantitative estimate of drug-likeness (QED) is 0.479. The molecule has 0 unspecified atom stereocenters. The normalized spacial score (nSPS) is 11.4. The van der Waals surface area contributed by atoms with Crippen LogP contribution in [0.25, 0.3) is 16.9 Å². The highest BCUT2D eigenvalue weighted by Gasteiger charge is 2.11. The SMILES string of the molecule is Cc1cc(C)n2nc(SCc3nc(-c4cccc(Cl)c4)cn3C)nc2c1. The highest BCUT2D eigenvalue weighted by atomic mass is 35.5. The van der Waals surface area contributed by atoms with Gasteiger partial charge in [-0.2, -0.15) is 0 Å². The minimum atomic E-state index is 0.700. The Balaban J connectivity index is 1.56. The molecule has 0 saturated heterocycles. The van der Waals surface area contributed by atoms with Crippen LogP contribution in [0.3, 0.4) is 0 Å². The highest BCUT2D eigenvalue weighted by molar-refractivity contribution is 7.98. The Morgan fingerprint density at radius 3 is 2.77 bits per heavy atom. The van der Waals surface area contributed by atoms with Gasteiger partial charge in [-0.25, -0.2) is 14.5 Å². The fourth-order valence-corrected chi connectivity index (χ4v) is 3.92. The summed E-state index contributed by atoms with van der Waals surface area (Å²) >= 11 is 7.67. The van der Waals surface area contributed by atoms with E-state index in [1.165, 1.54) is 5.56 Å². The monoisotopic (exact) mass is 383 g/mol. The van der Waals surface area contributed by atoms with Gasteiger partial charge < -0.3 is 4.57 Å². The van der Waals surface area contributed by atoms with Gasteiger partial charge in [0.2, 0.25) is 5.16 Å². The predicted octanol–water partition coefficient (Wildman–Crippen LogP) is 4.69. The summed E-state index contributed by atoms with van der Waals surface area (Å²) in [5, 5.41) is 6.06. The van der Waals surface area contributed by atoms with Gasteiger partial charge in [-0.15, -0.1) is 5.10 Å². The lowest BCUT2D eigenvalue weighted by Crippen LogP contribution is -1.95. The van der Waals surface area contributed by atoms with Gasteiger partial charge in [0, 0.05) is 29.5 Å². The molecule has 0 amide bonds. The second-order valence-corrected chi connectivity index (χ2v) is 7.67. The molecule has 0 aliphatic heterocycles. The van der Waals surface area contributed by atoms with E-state index in [9.17, 15) is 0 Å². The number of rotatable bonds is 4. The van der Waals surface area contributed by atoms with E-state index in [1.54, 1.807) is 11.8 Å². The van der Waals surface area contributed by atoms with E-state index in [1.807, 2.05) is 59.6 Å². The first-order chi connectivity index (χ1) is 12.5. The first-order valence-electron chi connectivity index (χ1n) is 8.24. The number of benzene rings is 1. The second kappa shape index (κ2) is 6.78. The average Bonchev–Trinajstić information content (AvgIpc) is 3.16. The number of fused-ring (bicyclic) bond motifs is 1. The molecule has 0 spiro atoms. The number of nitrogens with zero attached hydrogens (tertiary/aromatic N) is 5. The van der Waals surface area contributed by atoms with Crippen LogP contribution in [0.4, 0.5) is 0 Å². The zero-order valence-corrected chi connectivity index (χ0v) is 16.3. The number of aryl methyl sites for hydroxylation is 3. The summed E-state index contributed by atoms with van der Waals surface area (Å²) in [6, 6.07) is 11.9. The van der Waals surface area contributed by atoms with Crippen LogP contribution in [-0.2, 0) is 12.8 Å². The van der Waals surface area contributed by atoms with Gasteiger partial charge in [0.05, 0.1) is 11.4 Å². The first-order valence-corrected chi connectivity index (χ1v) is 9.61. The summed E-state index contributed by atoms with van der Waals surface area (Å²) in [7, 11) is 2.00. The molecule has 3 heterocycles. The van der Waals surface area contributed by atoms with Crippen molar-refractivity contribution in [3.05, 3.63) is 64.7 Å². The Morgan fingerprint density at radius 2 is 1.96 bits per heavy atom. The number of halogens is 1. The number of aromatic nitrogens is 5. The van der Waals surface area contributed by atoms with Gasteiger partial charge in [-0.05, 0) is 43.7 Å². The van der Waals surface area contributed by atoms with E-state index in [-0.39, 0.29) is 0 Å². The zero-order valence-electron chi connectivity index (χ0n) is 14.8. The molecule has 5 nitrogen and oxygen atoms in total. The number of hydrogen-bond donors (Lipinski definition) is 0. The van der Waals surface area contributed by atoms with E-state index in [4.69, 9.17) is 16.6 Å². The largest absolute Gasteiger partial charge is 0.337 e. The van der Waals surface area contributed by atoms with Gasteiger partial charge in [-0.1, -0.05) is 35.5 Å². The molecular formula is C19H18ClN5S. The molecule has 0 atom stereocenters. The third-order valence-electron chi connectivity index (χ3n) is 4.16. The van der Waals surface area contributed by atoms with Crippen LogP contribution >= 0.6 is 23.4 Å². The van der Waals surface area contributed by atoms with Crippen molar-refractivity contribution >= 4 is 29.0 Å². The molecule has 7 heteroatoms. The standard InChI is InChI=1S/C19H18ClN5S/c1-12-7-13(2)25-17(8-12)22-19(23-25)26-11-18-21-16(10-24(18)3)14-5-4-6-15(20)9-14/h4-10H,11H2,1-3H3. The number of hydrogen-bond acceptors (Lipinski definition) is 4. The molecule has 26 heavy (non-hydrogen) atoms. The van der Waals surface area contributed by atoms with E-state index in [2.05, 4.69) is 23.1 Å². The van der Waals surface area contributed by atoms with Crippen LogP contribution in [-0.4, -0.2) is 24.1 Å². The van der Waals surface area contributed by atoms with Crippen molar-refractivity contribution in [1.29, 1.82) is 0 Å². The Hall–Kier alpha value is -2.31. The summed E-state index contributed by atoms with van der Waals surface area (Å²) in [5.41, 5.74) is 5.08. The minimum Gasteiger partial charge on any atom is -0.337 e. The van der Waals surface area contributed by atoms with Crippen molar-refractivity contribution in [2.24, 2.45) is 7.05 Å². The second-order valence-electron chi connectivity index (χ2n) is 6.29. The topological polar surface area (TPSA) is 48.0 Å². The van der Waals surface area contributed by atoms with Crippen molar-refractivity contribution in [1.82, 2.24) is 24.1 Å². The van der Waals surface area contributed by atoms with Crippen LogP contribution in [0.1, 0.15) is 17.1 Å². The van der Waals surface area contributed by atoms with Crippen LogP contribution < -0.4 is 0 Å². The van der Waals surface area contributed by atoms with Crippen LogP contribution in [0.5, 0.6) is 0 Å². The van der Waals surface area contributed by atoms with Crippen molar-refractivity contribution < 1.29 is 0 Å². The summed E-state index contributed by atoms with van der Waals surface area (Å²) in [5.74, 6) is 1.67. The molecule has 4 aromatic rings. The van der Waals surface area contributed by atoms with Gasteiger partial charge in [0.15, 0.2) is 5.65 Å². The predicted molar refractivity (Wildman–Crippen MR) is 106 cm³/mol. The van der Waals surface area contributed by atoms with Crippen LogP contribution in [0.15, 0.2) is 47.8 Å². The molecule has 132 valence electrons. The molecule has 0 aliphatic rings. The Kier molecular flexibility index (Phi) is 4.46. The lowest BCUT2D eigenvalue weighted by atomic mass is 10.2. The van der Waals surface area contributed by atoms with E-state index in [0.29, 0.717) is 10.8 Å². The van der Waals surface area contributed by atoms with Crippen molar-refractivity contribution in [3.63, 3.8) is 0 Å². The molecule has 1 aromatic carbocycles. The fourth-order valence-electron chi connectivity index (χ4n) is 2.91. The highest BCUT2D eigenvalue weighted by Crippen LogP contribution is 2.25. The molecule has 0 radical (unpaired) electrons. The Labute approximate surface area is 161 Å². The maximum absolute atomic E-state index is 6.09.